The van der Waals surface area contributed by atoms with Crippen LogP contribution < -0.4 is 9.47 Å². The van der Waals surface area contributed by atoms with Crippen LogP contribution in [0.4, 0.5) is 4.39 Å². The Morgan fingerprint density at radius 2 is 1.47 bits per heavy atom. The van der Waals surface area contributed by atoms with Gasteiger partial charge in [0.25, 0.3) is 5.91 Å². The van der Waals surface area contributed by atoms with Crippen molar-refractivity contribution in [3.63, 3.8) is 0 Å². The fourth-order valence-electron chi connectivity index (χ4n) is 4.24. The Hall–Kier alpha value is -3.38. The van der Waals surface area contributed by atoms with Gasteiger partial charge in [0, 0.05) is 31.7 Å². The number of ether oxygens (including phenoxy) is 2. The number of amides is 1. The number of halogens is 1. The van der Waals surface area contributed by atoms with Crippen molar-refractivity contribution < 1.29 is 18.7 Å². The second-order valence-electron chi connectivity index (χ2n) is 8.81. The van der Waals surface area contributed by atoms with E-state index in [2.05, 4.69) is 18.7 Å². The first-order chi connectivity index (χ1) is 16.5. The summed E-state index contributed by atoms with van der Waals surface area (Å²) in [6.45, 7) is 6.66. The molecular formula is C28H31FN2O3. The van der Waals surface area contributed by atoms with Crippen LogP contribution in [0.15, 0.2) is 78.9 Å². The first-order valence-corrected chi connectivity index (χ1v) is 11.7. The lowest BCUT2D eigenvalue weighted by molar-refractivity contribution is -0.139. The molecule has 4 rings (SSSR count). The maximum atomic E-state index is 13.2. The van der Waals surface area contributed by atoms with E-state index in [1.807, 2.05) is 71.6 Å². The zero-order valence-electron chi connectivity index (χ0n) is 19.7. The minimum Gasteiger partial charge on any atom is -0.485 e. The number of hydrogen-bond acceptors (Lipinski definition) is 4. The van der Waals surface area contributed by atoms with Crippen molar-refractivity contribution in [2.75, 3.05) is 19.7 Å². The summed E-state index contributed by atoms with van der Waals surface area (Å²) in [6.07, 6.45) is 0. The largest absolute Gasteiger partial charge is 0.485 e. The molecule has 1 fully saturated rings. The molecule has 1 heterocycles. The standard InChI is InChI=1S/C28H31FN2O3/c1-21-17-31(22(2)16-30(21)18-23-12-14-25(29)15-13-23)28(32)20-34-27-11-7-6-10-26(27)33-19-24-8-4-3-5-9-24/h3-15,21-22H,16-20H2,1-2H3/t21-,22+/m0/s1. The highest BCUT2D eigenvalue weighted by Gasteiger charge is 2.32. The lowest BCUT2D eigenvalue weighted by Crippen LogP contribution is -2.58. The molecule has 1 saturated heterocycles. The summed E-state index contributed by atoms with van der Waals surface area (Å²) in [5.41, 5.74) is 2.13. The van der Waals surface area contributed by atoms with Crippen LogP contribution in [0.5, 0.6) is 11.5 Å². The van der Waals surface area contributed by atoms with Crippen LogP contribution in [-0.4, -0.2) is 47.5 Å². The van der Waals surface area contributed by atoms with E-state index in [0.717, 1.165) is 24.2 Å². The summed E-state index contributed by atoms with van der Waals surface area (Å²) in [5, 5.41) is 0. The fourth-order valence-corrected chi connectivity index (χ4v) is 4.24. The number of piperazine rings is 1. The molecule has 178 valence electrons. The molecule has 2 atom stereocenters. The van der Waals surface area contributed by atoms with Crippen LogP contribution in [0.2, 0.25) is 0 Å². The first kappa shape index (κ1) is 23.8. The third-order valence-corrected chi connectivity index (χ3v) is 6.17. The van der Waals surface area contributed by atoms with Gasteiger partial charge in [-0.1, -0.05) is 54.6 Å². The van der Waals surface area contributed by atoms with Crippen molar-refractivity contribution in [1.82, 2.24) is 9.80 Å². The number of carbonyl (C=O) groups excluding carboxylic acids is 1. The van der Waals surface area contributed by atoms with Crippen molar-refractivity contribution in [3.8, 4) is 11.5 Å². The molecule has 0 unspecified atom stereocenters. The van der Waals surface area contributed by atoms with Crippen LogP contribution in [0, 0.1) is 5.82 Å². The Bertz CT molecular complexity index is 1070. The van der Waals surface area contributed by atoms with Gasteiger partial charge in [0.05, 0.1) is 0 Å². The maximum Gasteiger partial charge on any atom is 0.260 e. The third kappa shape index (κ3) is 6.14. The monoisotopic (exact) mass is 462 g/mol. The van der Waals surface area contributed by atoms with E-state index in [1.54, 1.807) is 0 Å². The SMILES string of the molecule is C[C@@H]1CN(Cc2ccc(F)cc2)[C@@H](C)CN1C(=O)COc1ccccc1OCc1ccccc1. The number of hydrogen-bond donors (Lipinski definition) is 0. The van der Waals surface area contributed by atoms with Crippen molar-refractivity contribution in [3.05, 3.63) is 95.8 Å². The van der Waals surface area contributed by atoms with Gasteiger partial charge in [-0.15, -0.1) is 0 Å². The van der Waals surface area contributed by atoms with Gasteiger partial charge >= 0.3 is 0 Å². The lowest BCUT2D eigenvalue weighted by atomic mass is 10.1. The van der Waals surface area contributed by atoms with Gasteiger partial charge in [0.1, 0.15) is 12.4 Å². The smallest absolute Gasteiger partial charge is 0.260 e. The van der Waals surface area contributed by atoms with Gasteiger partial charge in [-0.25, -0.2) is 4.39 Å². The second kappa shape index (κ2) is 11.2. The molecule has 1 amide bonds. The Kier molecular flexibility index (Phi) is 7.80. The molecule has 3 aromatic rings. The Morgan fingerprint density at radius 3 is 2.18 bits per heavy atom. The molecular weight excluding hydrogens is 431 g/mol. The zero-order chi connectivity index (χ0) is 23.9. The van der Waals surface area contributed by atoms with Crippen LogP contribution in [0.3, 0.4) is 0 Å². The molecule has 34 heavy (non-hydrogen) atoms. The summed E-state index contributed by atoms with van der Waals surface area (Å²) in [4.78, 5) is 17.2. The summed E-state index contributed by atoms with van der Waals surface area (Å²) in [5.74, 6) is 0.901. The number of para-hydroxylation sites is 2. The second-order valence-corrected chi connectivity index (χ2v) is 8.81. The number of benzene rings is 3. The van der Waals surface area contributed by atoms with E-state index in [-0.39, 0.29) is 30.4 Å². The first-order valence-electron chi connectivity index (χ1n) is 11.7. The molecule has 0 aromatic heterocycles. The minimum atomic E-state index is -0.229. The molecule has 0 aliphatic carbocycles. The summed E-state index contributed by atoms with van der Waals surface area (Å²) >= 11 is 0. The van der Waals surface area contributed by atoms with Gasteiger partial charge in [0.15, 0.2) is 18.1 Å². The van der Waals surface area contributed by atoms with Crippen LogP contribution in [-0.2, 0) is 17.9 Å². The maximum absolute atomic E-state index is 13.2. The van der Waals surface area contributed by atoms with Gasteiger partial charge in [-0.2, -0.15) is 0 Å². The average molecular weight is 463 g/mol. The number of rotatable bonds is 8. The number of carbonyl (C=O) groups is 1. The van der Waals surface area contributed by atoms with Gasteiger partial charge in [-0.05, 0) is 49.2 Å². The Balaban J connectivity index is 1.31. The molecule has 0 spiro atoms. The lowest BCUT2D eigenvalue weighted by Gasteiger charge is -2.44. The molecule has 0 saturated carbocycles. The van der Waals surface area contributed by atoms with Gasteiger partial charge in [-0.3, -0.25) is 9.69 Å². The van der Waals surface area contributed by atoms with Crippen LogP contribution >= 0.6 is 0 Å². The van der Waals surface area contributed by atoms with E-state index in [0.29, 0.717) is 24.7 Å². The topological polar surface area (TPSA) is 42.0 Å². The van der Waals surface area contributed by atoms with E-state index in [1.165, 1.54) is 12.1 Å². The van der Waals surface area contributed by atoms with Crippen molar-refractivity contribution in [2.24, 2.45) is 0 Å². The molecule has 0 radical (unpaired) electrons. The number of nitrogens with zero attached hydrogens (tertiary/aromatic N) is 2. The predicted octanol–water partition coefficient (Wildman–Crippen LogP) is 4.90. The highest BCUT2D eigenvalue weighted by Crippen LogP contribution is 2.27. The highest BCUT2D eigenvalue weighted by molar-refractivity contribution is 5.78. The van der Waals surface area contributed by atoms with E-state index in [9.17, 15) is 9.18 Å². The molecule has 0 bridgehead atoms. The third-order valence-electron chi connectivity index (χ3n) is 6.17. The van der Waals surface area contributed by atoms with Crippen LogP contribution in [0.25, 0.3) is 0 Å². The average Bonchev–Trinajstić information content (AvgIpc) is 2.85. The Labute approximate surface area is 200 Å². The fraction of sp³-hybridized carbons (Fsp3) is 0.321. The van der Waals surface area contributed by atoms with E-state index >= 15 is 0 Å². The zero-order valence-corrected chi connectivity index (χ0v) is 19.7. The highest BCUT2D eigenvalue weighted by atomic mass is 19.1. The van der Waals surface area contributed by atoms with E-state index < -0.39 is 0 Å². The molecule has 3 aromatic carbocycles. The quantitative estimate of drug-likeness (QED) is 0.477. The van der Waals surface area contributed by atoms with Crippen molar-refractivity contribution in [1.29, 1.82) is 0 Å². The molecule has 0 N–H and O–H groups in total. The normalized spacial score (nSPS) is 18.5. The van der Waals surface area contributed by atoms with Crippen molar-refractivity contribution in [2.45, 2.75) is 39.1 Å². The van der Waals surface area contributed by atoms with Crippen molar-refractivity contribution >= 4 is 5.91 Å². The van der Waals surface area contributed by atoms with E-state index in [4.69, 9.17) is 9.47 Å². The molecule has 1 aliphatic rings. The molecule has 5 nitrogen and oxygen atoms in total. The Morgan fingerprint density at radius 1 is 0.824 bits per heavy atom. The summed E-state index contributed by atoms with van der Waals surface area (Å²) < 4.78 is 25.0. The van der Waals surface area contributed by atoms with Crippen LogP contribution in [0.1, 0.15) is 25.0 Å². The van der Waals surface area contributed by atoms with Gasteiger partial charge in [0.2, 0.25) is 0 Å². The predicted molar refractivity (Wildman–Crippen MR) is 130 cm³/mol. The molecule has 6 heteroatoms. The summed E-state index contributed by atoms with van der Waals surface area (Å²) in [7, 11) is 0. The summed E-state index contributed by atoms with van der Waals surface area (Å²) in [6, 6.07) is 24.2. The molecule has 1 aliphatic heterocycles. The van der Waals surface area contributed by atoms with Gasteiger partial charge < -0.3 is 14.4 Å². The minimum absolute atomic E-state index is 0.0409.